The third-order valence-electron chi connectivity index (χ3n) is 3.17. The third kappa shape index (κ3) is 3.26. The maximum Gasteiger partial charge on any atom is 0.121 e. The Morgan fingerprint density at radius 1 is 1.11 bits per heavy atom. The predicted molar refractivity (Wildman–Crippen MR) is 77.2 cm³/mol. The average Bonchev–Trinajstić information content (AvgIpc) is 2.39. The summed E-state index contributed by atoms with van der Waals surface area (Å²) in [4.78, 5) is 0. The molecule has 0 aliphatic rings. The molecule has 19 heavy (non-hydrogen) atoms. The number of phenols is 1. The number of hydrogen-bond acceptors (Lipinski definition) is 3. The van der Waals surface area contributed by atoms with E-state index in [4.69, 9.17) is 5.11 Å². The molecule has 3 N–H and O–H groups in total. The van der Waals surface area contributed by atoms with E-state index in [2.05, 4.69) is 5.32 Å². The Morgan fingerprint density at radius 2 is 1.79 bits per heavy atom. The Kier molecular flexibility index (Phi) is 4.07. The number of aryl methyl sites for hydroxylation is 1. The molecule has 2 aromatic carbocycles. The molecule has 1 atom stereocenters. The average molecular weight is 257 g/mol. The highest BCUT2D eigenvalue weighted by atomic mass is 16.3. The van der Waals surface area contributed by atoms with E-state index in [0.29, 0.717) is 5.75 Å². The van der Waals surface area contributed by atoms with Crippen LogP contribution in [-0.2, 0) is 6.61 Å². The Morgan fingerprint density at radius 3 is 2.37 bits per heavy atom. The first kappa shape index (κ1) is 13.4. The standard InChI is InChI=1S/C16H19NO2/c1-11-3-8-15(16(19)9-11)12(2)17-14-6-4-13(10-18)5-7-14/h3-9,12,17-19H,10H2,1-2H3. The first-order chi connectivity index (χ1) is 9.10. The molecule has 0 aliphatic heterocycles. The molecular formula is C16H19NO2. The SMILES string of the molecule is Cc1ccc(C(C)Nc2ccc(CO)cc2)c(O)c1. The first-order valence-corrected chi connectivity index (χ1v) is 6.36. The van der Waals surface area contributed by atoms with Crippen molar-refractivity contribution in [1.29, 1.82) is 0 Å². The minimum Gasteiger partial charge on any atom is -0.508 e. The second-order valence-electron chi connectivity index (χ2n) is 4.78. The highest BCUT2D eigenvalue weighted by Crippen LogP contribution is 2.27. The van der Waals surface area contributed by atoms with Gasteiger partial charge in [-0.1, -0.05) is 24.3 Å². The quantitative estimate of drug-likeness (QED) is 0.787. The summed E-state index contributed by atoms with van der Waals surface area (Å²) in [5.41, 5.74) is 3.76. The molecule has 100 valence electrons. The third-order valence-corrected chi connectivity index (χ3v) is 3.17. The van der Waals surface area contributed by atoms with Crippen molar-refractivity contribution in [3.05, 3.63) is 59.2 Å². The smallest absolute Gasteiger partial charge is 0.121 e. The Labute approximate surface area is 113 Å². The molecule has 1 unspecified atom stereocenters. The van der Waals surface area contributed by atoms with E-state index in [1.165, 1.54) is 0 Å². The molecule has 0 aliphatic carbocycles. The lowest BCUT2D eigenvalue weighted by atomic mass is 10.0. The zero-order valence-electron chi connectivity index (χ0n) is 11.2. The van der Waals surface area contributed by atoms with E-state index in [0.717, 1.165) is 22.4 Å². The van der Waals surface area contributed by atoms with Crippen LogP contribution >= 0.6 is 0 Å². The number of aromatic hydroxyl groups is 1. The fraction of sp³-hybridized carbons (Fsp3) is 0.250. The van der Waals surface area contributed by atoms with Crippen molar-refractivity contribution < 1.29 is 10.2 Å². The molecule has 3 nitrogen and oxygen atoms in total. The van der Waals surface area contributed by atoms with E-state index >= 15 is 0 Å². The van der Waals surface area contributed by atoms with Gasteiger partial charge < -0.3 is 15.5 Å². The zero-order chi connectivity index (χ0) is 13.8. The van der Waals surface area contributed by atoms with Crippen LogP contribution in [0.3, 0.4) is 0 Å². The number of phenolic OH excluding ortho intramolecular Hbond substituents is 1. The van der Waals surface area contributed by atoms with Gasteiger partial charge in [0, 0.05) is 11.3 Å². The molecule has 3 heteroatoms. The number of anilines is 1. The summed E-state index contributed by atoms with van der Waals surface area (Å²) >= 11 is 0. The van der Waals surface area contributed by atoms with E-state index in [1.807, 2.05) is 50.2 Å². The number of aliphatic hydroxyl groups excluding tert-OH is 1. The van der Waals surface area contributed by atoms with Crippen LogP contribution in [0, 0.1) is 6.92 Å². The van der Waals surface area contributed by atoms with Crippen LogP contribution < -0.4 is 5.32 Å². The summed E-state index contributed by atoms with van der Waals surface area (Å²) in [6, 6.07) is 13.3. The number of hydrogen-bond donors (Lipinski definition) is 3. The van der Waals surface area contributed by atoms with E-state index in [-0.39, 0.29) is 12.6 Å². The minimum atomic E-state index is 0.0144. The van der Waals surface area contributed by atoms with Gasteiger partial charge >= 0.3 is 0 Å². The molecule has 0 saturated carbocycles. The van der Waals surface area contributed by atoms with Crippen LogP contribution in [0.25, 0.3) is 0 Å². The summed E-state index contributed by atoms with van der Waals surface area (Å²) in [6.45, 7) is 4.01. The zero-order valence-corrected chi connectivity index (χ0v) is 11.2. The van der Waals surface area contributed by atoms with Crippen molar-refractivity contribution in [1.82, 2.24) is 0 Å². The van der Waals surface area contributed by atoms with Crippen molar-refractivity contribution in [3.63, 3.8) is 0 Å². The van der Waals surface area contributed by atoms with Crippen molar-refractivity contribution in [2.24, 2.45) is 0 Å². The second-order valence-corrected chi connectivity index (χ2v) is 4.78. The Hall–Kier alpha value is -2.00. The van der Waals surface area contributed by atoms with Crippen LogP contribution in [0.2, 0.25) is 0 Å². The maximum atomic E-state index is 9.95. The predicted octanol–water partition coefficient (Wildman–Crippen LogP) is 3.37. The minimum absolute atomic E-state index is 0.0144. The Balaban J connectivity index is 2.13. The van der Waals surface area contributed by atoms with E-state index in [1.54, 1.807) is 6.07 Å². The summed E-state index contributed by atoms with van der Waals surface area (Å²) < 4.78 is 0. The number of rotatable bonds is 4. The topological polar surface area (TPSA) is 52.5 Å². The molecule has 2 aromatic rings. The summed E-state index contributed by atoms with van der Waals surface area (Å²) in [6.07, 6.45) is 0. The fourth-order valence-corrected chi connectivity index (χ4v) is 2.05. The molecule has 0 amide bonds. The van der Waals surface area contributed by atoms with Gasteiger partial charge in [0.1, 0.15) is 5.75 Å². The molecular weight excluding hydrogens is 238 g/mol. The fourth-order valence-electron chi connectivity index (χ4n) is 2.05. The van der Waals surface area contributed by atoms with Gasteiger partial charge in [0.2, 0.25) is 0 Å². The molecule has 0 aromatic heterocycles. The maximum absolute atomic E-state index is 9.95. The van der Waals surface area contributed by atoms with Gasteiger partial charge in [-0.3, -0.25) is 0 Å². The van der Waals surface area contributed by atoms with Crippen molar-refractivity contribution in [2.75, 3.05) is 5.32 Å². The van der Waals surface area contributed by atoms with Crippen molar-refractivity contribution in [3.8, 4) is 5.75 Å². The summed E-state index contributed by atoms with van der Waals surface area (Å²) in [7, 11) is 0. The van der Waals surface area contributed by atoms with Gasteiger partial charge in [-0.2, -0.15) is 0 Å². The van der Waals surface area contributed by atoms with Crippen LogP contribution in [0.4, 0.5) is 5.69 Å². The van der Waals surface area contributed by atoms with Gasteiger partial charge in [0.25, 0.3) is 0 Å². The van der Waals surface area contributed by atoms with E-state index in [9.17, 15) is 5.11 Å². The van der Waals surface area contributed by atoms with E-state index < -0.39 is 0 Å². The Bertz CT molecular complexity index is 549. The monoisotopic (exact) mass is 257 g/mol. The molecule has 0 bridgehead atoms. The lowest BCUT2D eigenvalue weighted by molar-refractivity contribution is 0.282. The highest BCUT2D eigenvalue weighted by molar-refractivity contribution is 5.48. The van der Waals surface area contributed by atoms with Gasteiger partial charge in [0.05, 0.1) is 12.6 Å². The lowest BCUT2D eigenvalue weighted by Gasteiger charge is -2.17. The molecule has 2 rings (SSSR count). The summed E-state index contributed by atoms with van der Waals surface area (Å²) in [5, 5.41) is 22.3. The molecule has 0 spiro atoms. The summed E-state index contributed by atoms with van der Waals surface area (Å²) in [5.74, 6) is 0.312. The van der Waals surface area contributed by atoms with Crippen LogP contribution in [0.15, 0.2) is 42.5 Å². The van der Waals surface area contributed by atoms with Crippen LogP contribution in [0.1, 0.15) is 29.7 Å². The van der Waals surface area contributed by atoms with Gasteiger partial charge in [-0.25, -0.2) is 0 Å². The van der Waals surface area contributed by atoms with Crippen molar-refractivity contribution >= 4 is 5.69 Å². The largest absolute Gasteiger partial charge is 0.508 e. The number of benzene rings is 2. The normalized spacial score (nSPS) is 12.2. The second kappa shape index (κ2) is 5.76. The highest BCUT2D eigenvalue weighted by Gasteiger charge is 2.10. The number of aliphatic hydroxyl groups is 1. The van der Waals surface area contributed by atoms with Crippen LogP contribution in [0.5, 0.6) is 5.75 Å². The van der Waals surface area contributed by atoms with Gasteiger partial charge in [-0.15, -0.1) is 0 Å². The number of nitrogens with one attached hydrogen (secondary N) is 1. The van der Waals surface area contributed by atoms with Gasteiger partial charge in [-0.05, 0) is 43.2 Å². The molecule has 0 saturated heterocycles. The molecule has 0 fully saturated rings. The van der Waals surface area contributed by atoms with Crippen LogP contribution in [-0.4, -0.2) is 10.2 Å². The first-order valence-electron chi connectivity index (χ1n) is 6.36. The van der Waals surface area contributed by atoms with Gasteiger partial charge in [0.15, 0.2) is 0 Å². The lowest BCUT2D eigenvalue weighted by Crippen LogP contribution is -2.07. The molecule has 0 radical (unpaired) electrons. The van der Waals surface area contributed by atoms with Crippen molar-refractivity contribution in [2.45, 2.75) is 26.5 Å². The molecule has 0 heterocycles.